The zero-order valence-electron chi connectivity index (χ0n) is 8.01. The molecule has 0 aliphatic rings. The highest BCUT2D eigenvalue weighted by Crippen LogP contribution is 2.25. The fourth-order valence-electron chi connectivity index (χ4n) is 0.791. The Kier molecular flexibility index (Phi) is 2.56. The summed E-state index contributed by atoms with van der Waals surface area (Å²) >= 11 is 1.46. The van der Waals surface area contributed by atoms with Crippen molar-refractivity contribution in [3.05, 3.63) is 11.1 Å². The van der Waals surface area contributed by atoms with Crippen molar-refractivity contribution in [2.24, 2.45) is 5.73 Å². The number of rotatable bonds is 1. The van der Waals surface area contributed by atoms with Crippen LogP contribution in [0.3, 0.4) is 0 Å². The summed E-state index contributed by atoms with van der Waals surface area (Å²) in [6, 6.07) is 0. The van der Waals surface area contributed by atoms with E-state index in [1.807, 2.05) is 5.38 Å². The molecular formula is C8H14N4S. The maximum absolute atomic E-state index is 7.03. The van der Waals surface area contributed by atoms with Crippen molar-refractivity contribution >= 4 is 22.4 Å². The van der Waals surface area contributed by atoms with Gasteiger partial charge in [0.05, 0.1) is 5.69 Å². The number of aromatic nitrogens is 1. The van der Waals surface area contributed by atoms with Crippen molar-refractivity contribution in [2.75, 3.05) is 5.32 Å². The van der Waals surface area contributed by atoms with Crippen LogP contribution in [0.25, 0.3) is 0 Å². The fraction of sp³-hybridized carbons (Fsp3) is 0.500. The van der Waals surface area contributed by atoms with E-state index in [1.54, 1.807) is 0 Å². The second-order valence-electron chi connectivity index (χ2n) is 3.83. The van der Waals surface area contributed by atoms with Crippen LogP contribution < -0.4 is 11.1 Å². The average Bonchev–Trinajstić information content (AvgIpc) is 2.32. The number of nitrogens with two attached hydrogens (primary N) is 1. The monoisotopic (exact) mass is 198 g/mol. The number of thiazole rings is 1. The van der Waals surface area contributed by atoms with Gasteiger partial charge in [0.2, 0.25) is 0 Å². The molecule has 0 aliphatic heterocycles. The summed E-state index contributed by atoms with van der Waals surface area (Å²) in [6.45, 7) is 6.29. The van der Waals surface area contributed by atoms with Crippen molar-refractivity contribution in [3.63, 3.8) is 0 Å². The quantitative estimate of drug-likeness (QED) is 0.475. The third-order valence-corrected chi connectivity index (χ3v) is 2.27. The van der Waals surface area contributed by atoms with Gasteiger partial charge in [-0.15, -0.1) is 11.3 Å². The van der Waals surface area contributed by atoms with E-state index in [1.165, 1.54) is 11.3 Å². The van der Waals surface area contributed by atoms with E-state index in [4.69, 9.17) is 11.1 Å². The third kappa shape index (κ3) is 2.69. The number of guanidine groups is 1. The number of nitrogens with one attached hydrogen (secondary N) is 2. The third-order valence-electron chi connectivity index (χ3n) is 1.51. The summed E-state index contributed by atoms with van der Waals surface area (Å²) in [5.74, 6) is -0.0743. The zero-order valence-corrected chi connectivity index (χ0v) is 8.83. The highest BCUT2D eigenvalue weighted by molar-refractivity contribution is 7.13. The lowest BCUT2D eigenvalue weighted by atomic mass is 9.93. The molecule has 0 bridgehead atoms. The minimum absolute atomic E-state index is 0.0488. The van der Waals surface area contributed by atoms with Crippen LogP contribution in [0, 0.1) is 5.41 Å². The average molecular weight is 198 g/mol. The van der Waals surface area contributed by atoms with Crippen molar-refractivity contribution in [1.29, 1.82) is 5.41 Å². The van der Waals surface area contributed by atoms with Gasteiger partial charge in [0, 0.05) is 10.8 Å². The molecule has 4 N–H and O–H groups in total. The van der Waals surface area contributed by atoms with Crippen LogP contribution in [0.15, 0.2) is 5.38 Å². The van der Waals surface area contributed by atoms with Gasteiger partial charge in [0.25, 0.3) is 0 Å². The SMILES string of the molecule is CC(C)(C)c1csc(NC(=N)N)n1. The Labute approximate surface area is 81.7 Å². The predicted octanol–water partition coefficient (Wildman–Crippen LogP) is 1.75. The summed E-state index contributed by atoms with van der Waals surface area (Å²) in [4.78, 5) is 4.31. The minimum atomic E-state index is -0.0743. The van der Waals surface area contributed by atoms with E-state index < -0.39 is 0 Å². The molecule has 0 saturated heterocycles. The van der Waals surface area contributed by atoms with Crippen molar-refractivity contribution in [3.8, 4) is 0 Å². The second kappa shape index (κ2) is 3.33. The summed E-state index contributed by atoms with van der Waals surface area (Å²) < 4.78 is 0. The van der Waals surface area contributed by atoms with Gasteiger partial charge in [-0.1, -0.05) is 20.8 Å². The second-order valence-corrected chi connectivity index (χ2v) is 4.68. The first-order chi connectivity index (χ1) is 5.89. The van der Waals surface area contributed by atoms with Gasteiger partial charge in [-0.25, -0.2) is 4.98 Å². The summed E-state index contributed by atoms with van der Waals surface area (Å²) in [6.07, 6.45) is 0. The molecule has 0 saturated carbocycles. The molecule has 0 fully saturated rings. The van der Waals surface area contributed by atoms with Crippen molar-refractivity contribution in [2.45, 2.75) is 26.2 Å². The molecule has 5 heteroatoms. The molecule has 0 aromatic carbocycles. The van der Waals surface area contributed by atoms with Gasteiger partial charge >= 0.3 is 0 Å². The van der Waals surface area contributed by atoms with Gasteiger partial charge in [0.1, 0.15) is 0 Å². The van der Waals surface area contributed by atoms with Gasteiger partial charge in [0.15, 0.2) is 11.1 Å². The van der Waals surface area contributed by atoms with Crippen LogP contribution in [0.4, 0.5) is 5.13 Å². The van der Waals surface area contributed by atoms with Crippen LogP contribution in [0.2, 0.25) is 0 Å². The molecule has 13 heavy (non-hydrogen) atoms. The highest BCUT2D eigenvalue weighted by Gasteiger charge is 2.17. The molecule has 4 nitrogen and oxygen atoms in total. The molecule has 1 rings (SSSR count). The van der Waals surface area contributed by atoms with Crippen LogP contribution in [0.5, 0.6) is 0 Å². The maximum atomic E-state index is 7.03. The van der Waals surface area contributed by atoms with Crippen molar-refractivity contribution < 1.29 is 0 Å². The van der Waals surface area contributed by atoms with Gasteiger partial charge in [-0.05, 0) is 0 Å². The largest absolute Gasteiger partial charge is 0.370 e. The Hall–Kier alpha value is -1.10. The molecule has 0 amide bonds. The molecule has 72 valence electrons. The van der Waals surface area contributed by atoms with Crippen LogP contribution >= 0.6 is 11.3 Å². The lowest BCUT2D eigenvalue weighted by Gasteiger charge is -2.14. The van der Waals surface area contributed by atoms with Gasteiger partial charge in [-0.3, -0.25) is 5.41 Å². The molecule has 0 spiro atoms. The molecule has 1 aromatic rings. The molecule has 1 aromatic heterocycles. The van der Waals surface area contributed by atoms with Crippen LogP contribution in [-0.2, 0) is 5.41 Å². The Balaban J connectivity index is 2.81. The lowest BCUT2D eigenvalue weighted by molar-refractivity contribution is 0.573. The summed E-state index contributed by atoms with van der Waals surface area (Å²) in [5.41, 5.74) is 6.25. The normalized spacial score (nSPS) is 11.3. The van der Waals surface area contributed by atoms with Crippen LogP contribution in [-0.4, -0.2) is 10.9 Å². The summed E-state index contributed by atoms with van der Waals surface area (Å²) in [5, 5.41) is 12.4. The molecule has 0 radical (unpaired) electrons. The van der Waals surface area contributed by atoms with E-state index in [2.05, 4.69) is 31.1 Å². The number of hydrogen-bond donors (Lipinski definition) is 3. The van der Waals surface area contributed by atoms with Crippen LogP contribution in [0.1, 0.15) is 26.5 Å². The molecule has 0 unspecified atom stereocenters. The first-order valence-corrected chi connectivity index (χ1v) is 4.84. The highest BCUT2D eigenvalue weighted by atomic mass is 32.1. The minimum Gasteiger partial charge on any atom is -0.370 e. The fourth-order valence-corrected chi connectivity index (χ4v) is 1.74. The first-order valence-electron chi connectivity index (χ1n) is 3.96. The van der Waals surface area contributed by atoms with E-state index in [-0.39, 0.29) is 11.4 Å². The summed E-state index contributed by atoms with van der Waals surface area (Å²) in [7, 11) is 0. The Morgan fingerprint density at radius 1 is 1.62 bits per heavy atom. The Morgan fingerprint density at radius 2 is 2.23 bits per heavy atom. The van der Waals surface area contributed by atoms with Gasteiger partial charge in [-0.2, -0.15) is 0 Å². The first kappa shape index (κ1) is 9.98. The molecule has 0 atom stereocenters. The molecule has 1 heterocycles. The van der Waals surface area contributed by atoms with Gasteiger partial charge < -0.3 is 11.1 Å². The molecule has 0 aliphatic carbocycles. The Bertz CT molecular complexity index is 310. The predicted molar refractivity (Wildman–Crippen MR) is 56.4 cm³/mol. The van der Waals surface area contributed by atoms with E-state index in [0.717, 1.165) is 5.69 Å². The van der Waals surface area contributed by atoms with E-state index in [0.29, 0.717) is 5.13 Å². The molecular weight excluding hydrogens is 184 g/mol. The standard InChI is InChI=1S/C8H14N4S/c1-8(2,3)5-4-13-7(11-5)12-6(9)10/h4H,1-3H3,(H4,9,10,11,12). The van der Waals surface area contributed by atoms with E-state index in [9.17, 15) is 0 Å². The van der Waals surface area contributed by atoms with Crippen molar-refractivity contribution in [1.82, 2.24) is 4.98 Å². The van der Waals surface area contributed by atoms with E-state index >= 15 is 0 Å². The number of nitrogens with zero attached hydrogens (tertiary/aromatic N) is 1. The lowest BCUT2D eigenvalue weighted by Crippen LogP contribution is -2.20. The number of hydrogen-bond acceptors (Lipinski definition) is 3. The zero-order chi connectivity index (χ0) is 10.1. The smallest absolute Gasteiger partial charge is 0.192 e. The maximum Gasteiger partial charge on any atom is 0.192 e. The topological polar surface area (TPSA) is 74.8 Å². The Morgan fingerprint density at radius 3 is 2.62 bits per heavy atom. The number of anilines is 1.